The lowest BCUT2D eigenvalue weighted by molar-refractivity contribution is 0.550. The fourth-order valence-corrected chi connectivity index (χ4v) is 2.89. The standard InChI is InChI=1S/C14H16N6O/c21-14-11-5-4-7-18(11)10-15-20(14)9-13-17-16-12-6-2-1-3-8-19(12)13/h4-5,7,10H,1-3,6,8-9H2. The number of hydrogen-bond acceptors (Lipinski definition) is 4. The highest BCUT2D eigenvalue weighted by atomic mass is 16.1. The molecular weight excluding hydrogens is 268 g/mol. The molecule has 3 aromatic rings. The molecule has 1 aliphatic heterocycles. The van der Waals surface area contributed by atoms with Crippen molar-refractivity contribution < 1.29 is 0 Å². The van der Waals surface area contributed by atoms with E-state index in [1.54, 1.807) is 16.8 Å². The minimum Gasteiger partial charge on any atom is -0.313 e. The van der Waals surface area contributed by atoms with Crippen molar-refractivity contribution in [2.45, 2.75) is 38.8 Å². The van der Waals surface area contributed by atoms with Gasteiger partial charge in [-0.25, -0.2) is 4.68 Å². The predicted octanol–water partition coefficient (Wildman–Crippen LogP) is 0.862. The molecule has 0 saturated heterocycles. The number of fused-ring (bicyclic) bond motifs is 2. The van der Waals surface area contributed by atoms with E-state index in [0.29, 0.717) is 12.1 Å². The van der Waals surface area contributed by atoms with Crippen LogP contribution in [0.3, 0.4) is 0 Å². The number of aryl methyl sites for hydroxylation is 1. The molecule has 1 aliphatic rings. The molecule has 21 heavy (non-hydrogen) atoms. The van der Waals surface area contributed by atoms with E-state index in [0.717, 1.165) is 37.5 Å². The van der Waals surface area contributed by atoms with Crippen molar-refractivity contribution in [3.05, 3.63) is 46.7 Å². The molecule has 0 bridgehead atoms. The van der Waals surface area contributed by atoms with Crippen LogP contribution in [0.4, 0.5) is 0 Å². The number of nitrogens with zero attached hydrogens (tertiary/aromatic N) is 6. The molecule has 0 fully saturated rings. The highest BCUT2D eigenvalue weighted by molar-refractivity contribution is 5.44. The van der Waals surface area contributed by atoms with E-state index in [-0.39, 0.29) is 5.56 Å². The third-order valence-electron chi connectivity index (χ3n) is 4.03. The first-order valence-corrected chi connectivity index (χ1v) is 7.27. The van der Waals surface area contributed by atoms with Crippen molar-refractivity contribution >= 4 is 5.52 Å². The van der Waals surface area contributed by atoms with E-state index in [9.17, 15) is 4.79 Å². The van der Waals surface area contributed by atoms with Gasteiger partial charge < -0.3 is 8.97 Å². The smallest absolute Gasteiger partial charge is 0.291 e. The van der Waals surface area contributed by atoms with E-state index in [1.165, 1.54) is 11.1 Å². The van der Waals surface area contributed by atoms with Gasteiger partial charge in [0.2, 0.25) is 0 Å². The third-order valence-corrected chi connectivity index (χ3v) is 4.03. The van der Waals surface area contributed by atoms with Crippen LogP contribution < -0.4 is 5.56 Å². The second-order valence-electron chi connectivity index (χ2n) is 5.39. The van der Waals surface area contributed by atoms with Crippen molar-refractivity contribution in [3.8, 4) is 0 Å². The first kappa shape index (κ1) is 12.3. The summed E-state index contributed by atoms with van der Waals surface area (Å²) >= 11 is 0. The van der Waals surface area contributed by atoms with Gasteiger partial charge in [-0.2, -0.15) is 5.10 Å². The molecule has 0 aliphatic carbocycles. The van der Waals surface area contributed by atoms with Crippen LogP contribution in [0.15, 0.2) is 29.5 Å². The minimum atomic E-state index is -0.103. The molecule has 0 aromatic carbocycles. The van der Waals surface area contributed by atoms with Crippen LogP contribution in [0.2, 0.25) is 0 Å². The zero-order valence-electron chi connectivity index (χ0n) is 11.6. The van der Waals surface area contributed by atoms with Crippen LogP contribution in [-0.4, -0.2) is 28.9 Å². The van der Waals surface area contributed by atoms with Crippen LogP contribution in [0.25, 0.3) is 5.52 Å². The van der Waals surface area contributed by atoms with Crippen LogP contribution in [0.1, 0.15) is 30.9 Å². The van der Waals surface area contributed by atoms with Crippen molar-refractivity contribution in [1.29, 1.82) is 0 Å². The second-order valence-corrected chi connectivity index (χ2v) is 5.39. The van der Waals surface area contributed by atoms with E-state index >= 15 is 0 Å². The van der Waals surface area contributed by atoms with E-state index in [4.69, 9.17) is 0 Å². The lowest BCUT2D eigenvalue weighted by atomic mass is 10.2. The molecule has 0 N–H and O–H groups in total. The molecule has 0 radical (unpaired) electrons. The average molecular weight is 284 g/mol. The molecule has 4 rings (SSSR count). The fraction of sp³-hybridized carbons (Fsp3) is 0.429. The molecular formula is C14H16N6O. The number of hydrogen-bond donors (Lipinski definition) is 0. The van der Waals surface area contributed by atoms with Crippen molar-refractivity contribution in [1.82, 2.24) is 28.9 Å². The van der Waals surface area contributed by atoms with E-state index in [1.807, 2.05) is 12.3 Å². The topological polar surface area (TPSA) is 70.0 Å². The highest BCUT2D eigenvalue weighted by Gasteiger charge is 2.16. The summed E-state index contributed by atoms with van der Waals surface area (Å²) in [6, 6.07) is 3.64. The third kappa shape index (κ3) is 2.05. The summed E-state index contributed by atoms with van der Waals surface area (Å²) in [4.78, 5) is 12.4. The van der Waals surface area contributed by atoms with Crippen LogP contribution >= 0.6 is 0 Å². The number of aromatic nitrogens is 6. The summed E-state index contributed by atoms with van der Waals surface area (Å²) in [6.07, 6.45) is 7.95. The first-order valence-electron chi connectivity index (χ1n) is 7.27. The van der Waals surface area contributed by atoms with E-state index < -0.39 is 0 Å². The van der Waals surface area contributed by atoms with Gasteiger partial charge in [0.25, 0.3) is 5.56 Å². The molecule has 0 amide bonds. The highest BCUT2D eigenvalue weighted by Crippen LogP contribution is 2.14. The van der Waals surface area contributed by atoms with Gasteiger partial charge >= 0.3 is 0 Å². The minimum absolute atomic E-state index is 0.103. The van der Waals surface area contributed by atoms with Crippen LogP contribution in [-0.2, 0) is 19.5 Å². The summed E-state index contributed by atoms with van der Waals surface area (Å²) in [5.41, 5.74) is 0.522. The van der Waals surface area contributed by atoms with Gasteiger partial charge in [-0.15, -0.1) is 10.2 Å². The maximum atomic E-state index is 12.4. The normalized spacial score (nSPS) is 15.0. The van der Waals surface area contributed by atoms with Crippen molar-refractivity contribution in [2.24, 2.45) is 0 Å². The van der Waals surface area contributed by atoms with Gasteiger partial charge in [-0.05, 0) is 25.0 Å². The largest absolute Gasteiger partial charge is 0.313 e. The Kier molecular flexibility index (Phi) is 2.83. The average Bonchev–Trinajstić information content (AvgIpc) is 3.04. The van der Waals surface area contributed by atoms with Gasteiger partial charge in [0.05, 0.1) is 0 Å². The lowest BCUT2D eigenvalue weighted by Crippen LogP contribution is -2.26. The Morgan fingerprint density at radius 1 is 1.19 bits per heavy atom. The summed E-state index contributed by atoms with van der Waals surface area (Å²) in [5.74, 6) is 1.84. The SMILES string of the molecule is O=c1c2cccn2cnn1Cc1nnc2n1CCCCC2. The molecule has 0 atom stereocenters. The fourth-order valence-electron chi connectivity index (χ4n) is 2.89. The summed E-state index contributed by atoms with van der Waals surface area (Å²) < 4.78 is 5.32. The second kappa shape index (κ2) is 4.83. The molecule has 7 heteroatoms. The Hall–Kier alpha value is -2.44. The summed E-state index contributed by atoms with van der Waals surface area (Å²) in [5, 5.41) is 12.7. The molecule has 4 heterocycles. The van der Waals surface area contributed by atoms with Crippen molar-refractivity contribution in [2.75, 3.05) is 0 Å². The van der Waals surface area contributed by atoms with Gasteiger partial charge in [0.1, 0.15) is 24.2 Å². The van der Waals surface area contributed by atoms with Crippen molar-refractivity contribution in [3.63, 3.8) is 0 Å². The van der Waals surface area contributed by atoms with Gasteiger partial charge in [-0.3, -0.25) is 4.79 Å². The molecule has 3 aromatic heterocycles. The van der Waals surface area contributed by atoms with Gasteiger partial charge in [0, 0.05) is 19.2 Å². The summed E-state index contributed by atoms with van der Waals surface area (Å²) in [7, 11) is 0. The lowest BCUT2D eigenvalue weighted by Gasteiger charge is -2.08. The predicted molar refractivity (Wildman–Crippen MR) is 76.1 cm³/mol. The molecule has 7 nitrogen and oxygen atoms in total. The zero-order valence-corrected chi connectivity index (χ0v) is 11.6. The molecule has 108 valence electrons. The Bertz CT molecular complexity index is 843. The number of rotatable bonds is 2. The van der Waals surface area contributed by atoms with Gasteiger partial charge in [-0.1, -0.05) is 6.42 Å². The Labute approximate surface area is 120 Å². The van der Waals surface area contributed by atoms with Crippen LogP contribution in [0.5, 0.6) is 0 Å². The quantitative estimate of drug-likeness (QED) is 0.700. The first-order chi connectivity index (χ1) is 10.3. The maximum absolute atomic E-state index is 12.4. The Balaban J connectivity index is 1.73. The molecule has 0 saturated carbocycles. The molecule has 0 spiro atoms. The summed E-state index contributed by atoms with van der Waals surface area (Å²) in [6.45, 7) is 1.30. The monoisotopic (exact) mass is 284 g/mol. The Morgan fingerprint density at radius 2 is 2.14 bits per heavy atom. The van der Waals surface area contributed by atoms with Crippen LogP contribution in [0, 0.1) is 0 Å². The maximum Gasteiger partial charge on any atom is 0.291 e. The molecule has 0 unspecified atom stereocenters. The van der Waals surface area contributed by atoms with E-state index in [2.05, 4.69) is 19.9 Å². The Morgan fingerprint density at radius 3 is 3.10 bits per heavy atom. The zero-order chi connectivity index (χ0) is 14.2. The van der Waals surface area contributed by atoms with Gasteiger partial charge in [0.15, 0.2) is 5.82 Å².